The number of carbonyl (C=O) groups excluding carboxylic acids is 1. The number of hydrogen-bond donors (Lipinski definition) is 0. The van der Waals surface area contributed by atoms with Crippen molar-refractivity contribution in [2.45, 2.75) is 33.4 Å². The van der Waals surface area contributed by atoms with E-state index < -0.39 is 10.5 Å². The predicted octanol–water partition coefficient (Wildman–Crippen LogP) is 4.49. The average Bonchev–Trinajstić information content (AvgIpc) is 3.22. The number of quaternary nitrogens is 1. The highest BCUT2D eigenvalue weighted by molar-refractivity contribution is 5.95. The van der Waals surface area contributed by atoms with Gasteiger partial charge in [0.1, 0.15) is 30.5 Å². The molecule has 39 heavy (non-hydrogen) atoms. The number of carbonyl (C=O) groups is 1. The molecule has 9 heteroatoms. The van der Waals surface area contributed by atoms with E-state index in [4.69, 9.17) is 4.74 Å². The van der Waals surface area contributed by atoms with Gasteiger partial charge in [0.25, 0.3) is 5.91 Å². The van der Waals surface area contributed by atoms with Crippen LogP contribution in [0.1, 0.15) is 34.0 Å². The van der Waals surface area contributed by atoms with Crippen LogP contribution in [0.25, 0.3) is 0 Å². The molecule has 0 radical (unpaired) electrons. The molecule has 3 heterocycles. The van der Waals surface area contributed by atoms with Gasteiger partial charge in [-0.25, -0.2) is 9.37 Å². The summed E-state index contributed by atoms with van der Waals surface area (Å²) >= 11 is 0. The van der Waals surface area contributed by atoms with Crippen molar-refractivity contribution in [3.8, 4) is 5.75 Å². The molecule has 1 amide bonds. The van der Waals surface area contributed by atoms with Gasteiger partial charge >= 0.3 is 0 Å². The summed E-state index contributed by atoms with van der Waals surface area (Å²) in [5, 5.41) is 13.6. The summed E-state index contributed by atoms with van der Waals surface area (Å²) < 4.78 is 20.1. The molecule has 0 N–H and O–H groups in total. The minimum Gasteiger partial charge on any atom is -0.631 e. The summed E-state index contributed by atoms with van der Waals surface area (Å²) in [4.78, 5) is 23.6. The maximum absolute atomic E-state index is 15.3. The molecule has 0 aliphatic carbocycles. The van der Waals surface area contributed by atoms with E-state index in [1.165, 1.54) is 6.07 Å². The zero-order chi connectivity index (χ0) is 27.7. The van der Waals surface area contributed by atoms with Crippen LogP contribution in [0.2, 0.25) is 0 Å². The zero-order valence-corrected chi connectivity index (χ0v) is 23.1. The van der Waals surface area contributed by atoms with E-state index in [1.54, 1.807) is 24.1 Å². The summed E-state index contributed by atoms with van der Waals surface area (Å²) in [6.45, 7) is 9.27. The first kappa shape index (κ1) is 26.9. The van der Waals surface area contributed by atoms with Crippen LogP contribution in [0.4, 0.5) is 15.9 Å². The molecular formula is C30H36FN5O3. The van der Waals surface area contributed by atoms with Gasteiger partial charge in [-0.1, -0.05) is 6.07 Å². The Kier molecular flexibility index (Phi) is 7.46. The molecule has 3 aromatic rings. The first-order valence-corrected chi connectivity index (χ1v) is 13.4. The van der Waals surface area contributed by atoms with Crippen LogP contribution in [-0.4, -0.2) is 73.0 Å². The molecule has 8 nitrogen and oxygen atoms in total. The minimum absolute atomic E-state index is 0.0600. The monoisotopic (exact) mass is 533 g/mol. The highest BCUT2D eigenvalue weighted by Gasteiger charge is 2.36. The molecule has 2 unspecified atom stereocenters. The lowest BCUT2D eigenvalue weighted by molar-refractivity contribution is -0.881. The Morgan fingerprint density at radius 2 is 1.82 bits per heavy atom. The zero-order valence-electron chi connectivity index (χ0n) is 23.1. The van der Waals surface area contributed by atoms with Gasteiger partial charge in [-0.3, -0.25) is 4.79 Å². The Bertz CT molecular complexity index is 1340. The van der Waals surface area contributed by atoms with Gasteiger partial charge < -0.3 is 29.3 Å². The number of pyridine rings is 1. The second-order valence-electron chi connectivity index (χ2n) is 10.8. The number of aryl methyl sites for hydroxylation is 2. The molecule has 2 saturated heterocycles. The van der Waals surface area contributed by atoms with Crippen molar-refractivity contribution in [1.82, 2.24) is 9.88 Å². The van der Waals surface area contributed by atoms with Gasteiger partial charge in [0, 0.05) is 43.6 Å². The lowest BCUT2D eigenvalue weighted by Gasteiger charge is -2.38. The number of aromatic nitrogens is 1. The summed E-state index contributed by atoms with van der Waals surface area (Å²) in [6, 6.07) is 14.3. The fourth-order valence-electron chi connectivity index (χ4n) is 5.76. The van der Waals surface area contributed by atoms with Gasteiger partial charge in [0.2, 0.25) is 0 Å². The van der Waals surface area contributed by atoms with E-state index in [-0.39, 0.29) is 24.2 Å². The van der Waals surface area contributed by atoms with Gasteiger partial charge in [0.15, 0.2) is 6.67 Å². The van der Waals surface area contributed by atoms with Crippen molar-refractivity contribution in [3.05, 3.63) is 88.0 Å². The average molecular weight is 534 g/mol. The van der Waals surface area contributed by atoms with E-state index in [9.17, 15) is 10.0 Å². The van der Waals surface area contributed by atoms with Crippen LogP contribution in [0.5, 0.6) is 5.75 Å². The number of ether oxygens (including phenoxy) is 1. The molecule has 2 aliphatic rings. The third-order valence-corrected chi connectivity index (χ3v) is 7.74. The number of hydrogen-bond acceptors (Lipinski definition) is 6. The lowest BCUT2D eigenvalue weighted by atomic mass is 10.1. The molecule has 1 aromatic heterocycles. The Hall–Kier alpha value is -3.69. The van der Waals surface area contributed by atoms with Crippen molar-refractivity contribution >= 4 is 17.4 Å². The quantitative estimate of drug-likeness (QED) is 0.344. The van der Waals surface area contributed by atoms with Crippen LogP contribution in [0, 0.1) is 24.9 Å². The number of piperazine rings is 1. The van der Waals surface area contributed by atoms with Crippen molar-refractivity contribution in [3.63, 3.8) is 0 Å². The molecule has 206 valence electrons. The van der Waals surface area contributed by atoms with Crippen molar-refractivity contribution in [2.75, 3.05) is 56.3 Å². The van der Waals surface area contributed by atoms with Crippen LogP contribution in [-0.2, 0) is 6.54 Å². The number of methoxy groups -OCH3 is 1. The van der Waals surface area contributed by atoms with Crippen molar-refractivity contribution < 1.29 is 18.6 Å². The highest BCUT2D eigenvalue weighted by atomic mass is 19.1. The number of anilines is 2. The second kappa shape index (κ2) is 10.8. The third kappa shape index (κ3) is 5.69. The van der Waals surface area contributed by atoms with Gasteiger partial charge in [0.05, 0.1) is 18.7 Å². The maximum Gasteiger partial charge on any atom is 0.256 e. The third-order valence-electron chi connectivity index (χ3n) is 7.74. The molecule has 0 spiro atoms. The van der Waals surface area contributed by atoms with E-state index >= 15 is 4.39 Å². The number of amides is 1. The lowest BCUT2D eigenvalue weighted by Crippen LogP contribution is -2.49. The summed E-state index contributed by atoms with van der Waals surface area (Å²) in [5.41, 5.74) is 3.83. The normalized spacial score (nSPS) is 21.4. The van der Waals surface area contributed by atoms with Crippen LogP contribution in [0.3, 0.4) is 0 Å². The fraction of sp³-hybridized carbons (Fsp3) is 0.400. The maximum atomic E-state index is 15.3. The first-order chi connectivity index (χ1) is 18.7. The molecule has 2 aromatic carbocycles. The molecule has 2 atom stereocenters. The van der Waals surface area contributed by atoms with Gasteiger partial charge in [-0.15, -0.1) is 0 Å². The Morgan fingerprint density at radius 1 is 1.10 bits per heavy atom. The van der Waals surface area contributed by atoms with Crippen molar-refractivity contribution in [1.29, 1.82) is 0 Å². The number of nitrogens with zero attached hydrogens (tertiary/aromatic N) is 5. The molecule has 5 rings (SSSR count). The summed E-state index contributed by atoms with van der Waals surface area (Å²) in [7, 11) is 1.61. The number of halogens is 1. The van der Waals surface area contributed by atoms with Gasteiger partial charge in [-0.2, -0.15) is 0 Å². The molecular weight excluding hydrogens is 497 g/mol. The highest BCUT2D eigenvalue weighted by Crippen LogP contribution is 2.31. The van der Waals surface area contributed by atoms with Gasteiger partial charge in [-0.05, 0) is 74.4 Å². The summed E-state index contributed by atoms with van der Waals surface area (Å²) in [6.07, 6.45) is 1.85. The number of rotatable bonds is 6. The van der Waals surface area contributed by atoms with Crippen LogP contribution >= 0.6 is 0 Å². The smallest absolute Gasteiger partial charge is 0.256 e. The molecule has 0 saturated carbocycles. The Balaban J connectivity index is 1.23. The minimum atomic E-state index is -0.561. The number of benzene rings is 2. The molecule has 0 bridgehead atoms. The van der Waals surface area contributed by atoms with Crippen molar-refractivity contribution in [2.24, 2.45) is 0 Å². The van der Waals surface area contributed by atoms with E-state index in [1.807, 2.05) is 56.1 Å². The first-order valence-electron chi connectivity index (χ1n) is 13.4. The SMILES string of the molecule is COc1ccc(C[N+]2([O-])CC(C)N(c3ccc(C(=O)N4CCN(c5ncc(C)cc5C)CC4)c(F)c3)C2)cc1. The second-order valence-corrected chi connectivity index (χ2v) is 10.8. The predicted molar refractivity (Wildman–Crippen MR) is 150 cm³/mol. The molecule has 2 aliphatic heterocycles. The van der Waals surface area contributed by atoms with Crippen LogP contribution in [0.15, 0.2) is 54.7 Å². The molecule has 2 fully saturated rings. The number of hydroxylamine groups is 3. The Labute approximate surface area is 229 Å². The summed E-state index contributed by atoms with van der Waals surface area (Å²) in [5.74, 6) is 0.810. The van der Waals surface area contributed by atoms with E-state index in [2.05, 4.69) is 16.0 Å². The fourth-order valence-corrected chi connectivity index (χ4v) is 5.76. The largest absolute Gasteiger partial charge is 0.631 e. The van der Waals surface area contributed by atoms with E-state index in [0.29, 0.717) is 45.0 Å². The topological polar surface area (TPSA) is 72.0 Å². The van der Waals surface area contributed by atoms with E-state index in [0.717, 1.165) is 28.3 Å². The van der Waals surface area contributed by atoms with Crippen LogP contribution < -0.4 is 14.5 Å². The Morgan fingerprint density at radius 3 is 2.46 bits per heavy atom. The standard InChI is InChI=1S/C30H36FN5O3/c1-21-15-22(2)29(32-17-21)33-11-13-34(14-12-33)30(37)27-10-7-25(16-28(27)31)35-20-36(38,18-23(35)3)19-24-5-8-26(39-4)9-6-24/h5-10,15-17,23H,11-14,18-20H2,1-4H3.